The van der Waals surface area contributed by atoms with Crippen molar-refractivity contribution in [3.05, 3.63) is 78.6 Å². The zero-order valence-electron chi connectivity index (χ0n) is 14.7. The van der Waals surface area contributed by atoms with Gasteiger partial charge in [0.1, 0.15) is 5.82 Å². The summed E-state index contributed by atoms with van der Waals surface area (Å²) in [6, 6.07) is 25.1. The molecule has 1 aliphatic rings. The largest absolute Gasteiger partial charge is 0.340 e. The molecular formula is C22H14N4OS. The van der Waals surface area contributed by atoms with Crippen LogP contribution in [0.15, 0.2) is 82.6 Å². The van der Waals surface area contributed by atoms with Gasteiger partial charge in [-0.25, -0.2) is 4.98 Å². The highest BCUT2D eigenvalue weighted by Gasteiger charge is 2.34. The van der Waals surface area contributed by atoms with E-state index in [2.05, 4.69) is 16.0 Å². The minimum Gasteiger partial charge on any atom is -0.340 e. The molecule has 5 nitrogen and oxygen atoms in total. The Bertz CT molecular complexity index is 1180. The fraction of sp³-hybridized carbons (Fsp3) is 0.0455. The molecule has 0 bridgehead atoms. The van der Waals surface area contributed by atoms with E-state index in [0.29, 0.717) is 5.82 Å². The number of carbonyl (C=O) groups excluding carboxylic acids is 1. The molecule has 5 rings (SSSR count). The summed E-state index contributed by atoms with van der Waals surface area (Å²) >= 11 is 1.62. The normalized spacial score (nSPS) is 13.5. The van der Waals surface area contributed by atoms with E-state index in [4.69, 9.17) is 0 Å². The first kappa shape index (κ1) is 16.6. The number of amides is 1. The number of H-pyrrole nitrogens is 1. The van der Waals surface area contributed by atoms with Crippen LogP contribution in [0.4, 0.5) is 11.4 Å². The van der Waals surface area contributed by atoms with E-state index in [1.165, 1.54) is 0 Å². The van der Waals surface area contributed by atoms with Crippen molar-refractivity contribution in [2.75, 3.05) is 4.90 Å². The van der Waals surface area contributed by atoms with Crippen LogP contribution in [0.1, 0.15) is 11.7 Å². The smallest absolute Gasteiger partial charge is 0.256 e. The summed E-state index contributed by atoms with van der Waals surface area (Å²) < 4.78 is 0. The number of imidazole rings is 1. The highest BCUT2D eigenvalue weighted by Crippen LogP contribution is 2.48. The average Bonchev–Trinajstić information content (AvgIpc) is 3.16. The highest BCUT2D eigenvalue weighted by molar-refractivity contribution is 7.99. The summed E-state index contributed by atoms with van der Waals surface area (Å²) in [5, 5.41) is 9.84. The number of carbonyl (C=O) groups is 1. The summed E-state index contributed by atoms with van der Waals surface area (Å²) in [7, 11) is 0. The van der Waals surface area contributed by atoms with Crippen LogP contribution in [0, 0.1) is 11.3 Å². The number of benzene rings is 3. The second kappa shape index (κ2) is 6.55. The van der Waals surface area contributed by atoms with E-state index in [1.54, 1.807) is 16.7 Å². The molecule has 1 aliphatic heterocycles. The number of nitriles is 1. The summed E-state index contributed by atoms with van der Waals surface area (Å²) in [5.41, 5.74) is 3.11. The van der Waals surface area contributed by atoms with E-state index in [-0.39, 0.29) is 5.91 Å². The van der Waals surface area contributed by atoms with E-state index in [1.807, 2.05) is 72.8 Å². The third-order valence-corrected chi connectivity index (χ3v) is 5.84. The molecule has 1 unspecified atom stereocenters. The van der Waals surface area contributed by atoms with Crippen molar-refractivity contribution in [3.63, 3.8) is 0 Å². The number of para-hydroxylation sites is 4. The lowest BCUT2D eigenvalue weighted by Gasteiger charge is -2.31. The van der Waals surface area contributed by atoms with Crippen LogP contribution in [0.2, 0.25) is 0 Å². The van der Waals surface area contributed by atoms with E-state index in [0.717, 1.165) is 32.2 Å². The van der Waals surface area contributed by atoms with Crippen LogP contribution < -0.4 is 4.90 Å². The Labute approximate surface area is 165 Å². The third kappa shape index (κ3) is 2.56. The van der Waals surface area contributed by atoms with Crippen molar-refractivity contribution >= 4 is 40.1 Å². The molecule has 0 radical (unpaired) electrons. The molecule has 28 heavy (non-hydrogen) atoms. The molecule has 0 fully saturated rings. The van der Waals surface area contributed by atoms with E-state index in [9.17, 15) is 10.1 Å². The number of nitrogens with zero attached hydrogens (tertiary/aromatic N) is 3. The maximum absolute atomic E-state index is 13.6. The topological polar surface area (TPSA) is 72.8 Å². The van der Waals surface area contributed by atoms with Gasteiger partial charge in [0.2, 0.25) is 0 Å². The summed E-state index contributed by atoms with van der Waals surface area (Å²) in [6.07, 6.45) is 0. The van der Waals surface area contributed by atoms with Gasteiger partial charge in [0.25, 0.3) is 5.91 Å². The molecule has 0 spiro atoms. The fourth-order valence-corrected chi connectivity index (χ4v) is 4.47. The average molecular weight is 382 g/mol. The van der Waals surface area contributed by atoms with Crippen LogP contribution >= 0.6 is 11.8 Å². The predicted octanol–water partition coefficient (Wildman–Crippen LogP) is 5.00. The van der Waals surface area contributed by atoms with Gasteiger partial charge in [-0.3, -0.25) is 9.69 Å². The lowest BCUT2D eigenvalue weighted by molar-refractivity contribution is -0.118. The number of hydrogen-bond acceptors (Lipinski definition) is 4. The third-order valence-electron chi connectivity index (χ3n) is 4.71. The van der Waals surface area contributed by atoms with Gasteiger partial charge in [-0.05, 0) is 36.4 Å². The number of fused-ring (bicyclic) bond motifs is 3. The Morgan fingerprint density at radius 2 is 1.57 bits per heavy atom. The lowest BCUT2D eigenvalue weighted by atomic mass is 10.1. The zero-order valence-corrected chi connectivity index (χ0v) is 15.5. The molecule has 6 heteroatoms. The molecule has 1 N–H and O–H groups in total. The summed E-state index contributed by atoms with van der Waals surface area (Å²) in [5.74, 6) is -0.986. The van der Waals surface area contributed by atoms with Crippen molar-refractivity contribution in [2.45, 2.75) is 15.7 Å². The Kier molecular flexibility index (Phi) is 3.89. The predicted molar refractivity (Wildman–Crippen MR) is 109 cm³/mol. The molecule has 4 aromatic rings. The summed E-state index contributed by atoms with van der Waals surface area (Å²) in [6.45, 7) is 0. The SMILES string of the molecule is N#CC(C(=O)N1c2ccccc2Sc2ccccc21)c1nc2ccccc2[nH]1. The first-order valence-electron chi connectivity index (χ1n) is 8.80. The van der Waals surface area contributed by atoms with Gasteiger partial charge < -0.3 is 4.98 Å². The van der Waals surface area contributed by atoms with Crippen LogP contribution in [0.25, 0.3) is 11.0 Å². The zero-order chi connectivity index (χ0) is 19.1. The van der Waals surface area contributed by atoms with Crippen molar-refractivity contribution < 1.29 is 4.79 Å². The van der Waals surface area contributed by atoms with Gasteiger partial charge in [0, 0.05) is 9.79 Å². The van der Waals surface area contributed by atoms with Crippen molar-refractivity contribution in [1.82, 2.24) is 9.97 Å². The van der Waals surface area contributed by atoms with Gasteiger partial charge in [-0.2, -0.15) is 5.26 Å². The van der Waals surface area contributed by atoms with Crippen LogP contribution in [0.5, 0.6) is 0 Å². The first-order chi connectivity index (χ1) is 13.8. The minimum atomic E-state index is -1.03. The molecule has 2 heterocycles. The molecule has 0 saturated heterocycles. The number of aromatic nitrogens is 2. The van der Waals surface area contributed by atoms with E-state index >= 15 is 0 Å². The molecule has 1 amide bonds. The molecule has 1 aromatic heterocycles. The van der Waals surface area contributed by atoms with Crippen LogP contribution in [0.3, 0.4) is 0 Å². The molecule has 134 valence electrons. The monoisotopic (exact) mass is 382 g/mol. The van der Waals surface area contributed by atoms with Crippen molar-refractivity contribution in [2.24, 2.45) is 0 Å². The minimum absolute atomic E-state index is 0.318. The maximum atomic E-state index is 13.6. The van der Waals surface area contributed by atoms with Gasteiger partial charge in [0.05, 0.1) is 28.5 Å². The Hall–Kier alpha value is -3.56. The number of rotatable bonds is 2. The van der Waals surface area contributed by atoms with Crippen molar-refractivity contribution in [3.8, 4) is 6.07 Å². The van der Waals surface area contributed by atoms with Crippen LogP contribution in [-0.4, -0.2) is 15.9 Å². The fourth-order valence-electron chi connectivity index (χ4n) is 3.41. The Morgan fingerprint density at radius 1 is 0.964 bits per heavy atom. The molecule has 0 saturated carbocycles. The number of nitrogens with one attached hydrogen (secondary N) is 1. The van der Waals surface area contributed by atoms with Gasteiger partial charge in [-0.1, -0.05) is 48.2 Å². The van der Waals surface area contributed by atoms with Crippen LogP contribution in [-0.2, 0) is 4.79 Å². The molecule has 1 atom stereocenters. The van der Waals surface area contributed by atoms with Gasteiger partial charge >= 0.3 is 0 Å². The number of aromatic amines is 1. The first-order valence-corrected chi connectivity index (χ1v) is 9.62. The van der Waals surface area contributed by atoms with E-state index < -0.39 is 5.92 Å². The standard InChI is InChI=1S/C22H14N4OS/c23-13-14(21-24-15-7-1-2-8-16(15)25-21)22(27)26-17-9-3-5-11-19(17)28-20-12-6-4-10-18(20)26/h1-12,14H,(H,24,25). The molecule has 0 aliphatic carbocycles. The lowest BCUT2D eigenvalue weighted by Crippen LogP contribution is -2.33. The second-order valence-corrected chi connectivity index (χ2v) is 7.50. The summed E-state index contributed by atoms with van der Waals surface area (Å²) in [4.78, 5) is 24.8. The Balaban J connectivity index is 1.63. The second-order valence-electron chi connectivity index (χ2n) is 6.41. The molecular weight excluding hydrogens is 368 g/mol. The van der Waals surface area contributed by atoms with Crippen molar-refractivity contribution in [1.29, 1.82) is 5.26 Å². The van der Waals surface area contributed by atoms with Gasteiger partial charge in [-0.15, -0.1) is 0 Å². The number of hydrogen-bond donors (Lipinski definition) is 1. The molecule has 3 aromatic carbocycles. The Morgan fingerprint density at radius 3 is 2.21 bits per heavy atom. The van der Waals surface area contributed by atoms with Gasteiger partial charge in [0.15, 0.2) is 5.92 Å². The quantitative estimate of drug-likeness (QED) is 0.529. The highest BCUT2D eigenvalue weighted by atomic mass is 32.2. The number of anilines is 2. The maximum Gasteiger partial charge on any atom is 0.256 e.